The van der Waals surface area contributed by atoms with Crippen molar-refractivity contribution in [3.8, 4) is 0 Å². The second-order valence-electron chi connectivity index (χ2n) is 5.07. The van der Waals surface area contributed by atoms with Gasteiger partial charge < -0.3 is 14.5 Å². The summed E-state index contributed by atoms with van der Waals surface area (Å²) in [4.78, 5) is 17.4. The lowest BCUT2D eigenvalue weighted by molar-refractivity contribution is -0.142. The fourth-order valence-electron chi connectivity index (χ4n) is 2.51. The molecule has 1 aromatic heterocycles. The number of hydrogen-bond donors (Lipinski definition) is 1. The Morgan fingerprint density at radius 3 is 2.89 bits per heavy atom. The molecule has 3 unspecified atom stereocenters. The maximum atomic E-state index is 11.2. The third-order valence-corrected chi connectivity index (χ3v) is 3.68. The van der Waals surface area contributed by atoms with E-state index in [2.05, 4.69) is 17.1 Å². The molecule has 100 valence electrons. The van der Waals surface area contributed by atoms with Gasteiger partial charge in [0.05, 0.1) is 11.8 Å². The van der Waals surface area contributed by atoms with Gasteiger partial charge in [0, 0.05) is 13.6 Å². The summed E-state index contributed by atoms with van der Waals surface area (Å²) in [7, 11) is 1.88. The molecule has 0 aliphatic heterocycles. The van der Waals surface area contributed by atoms with Gasteiger partial charge in [-0.25, -0.2) is 0 Å². The van der Waals surface area contributed by atoms with Gasteiger partial charge in [-0.05, 0) is 30.8 Å². The van der Waals surface area contributed by atoms with E-state index in [0.717, 1.165) is 13.0 Å². The second kappa shape index (κ2) is 4.96. The molecule has 0 aromatic carbocycles. The maximum Gasteiger partial charge on any atom is 0.307 e. The number of rotatable bonds is 4. The standard InChI is InChI=1S/C12H19N3O3/c1-4-15(3)12-13-10(18-14-12)8-5-7(2)6-9(8)11(16)17/h7-9H,4-6H2,1-3H3,(H,16,17). The van der Waals surface area contributed by atoms with Gasteiger partial charge in [0.25, 0.3) is 5.95 Å². The topological polar surface area (TPSA) is 79.5 Å². The van der Waals surface area contributed by atoms with E-state index in [1.54, 1.807) is 0 Å². The van der Waals surface area contributed by atoms with Gasteiger partial charge in [0.1, 0.15) is 0 Å². The summed E-state index contributed by atoms with van der Waals surface area (Å²) in [6.45, 7) is 4.83. The van der Waals surface area contributed by atoms with Gasteiger partial charge >= 0.3 is 5.97 Å². The first-order valence-electron chi connectivity index (χ1n) is 6.30. The van der Waals surface area contributed by atoms with E-state index in [1.165, 1.54) is 0 Å². The SMILES string of the molecule is CCN(C)c1noc(C2CC(C)CC2C(=O)O)n1. The van der Waals surface area contributed by atoms with Crippen molar-refractivity contribution in [2.24, 2.45) is 11.8 Å². The van der Waals surface area contributed by atoms with Crippen molar-refractivity contribution in [2.75, 3.05) is 18.5 Å². The van der Waals surface area contributed by atoms with Crippen LogP contribution in [0.2, 0.25) is 0 Å². The number of carbonyl (C=O) groups is 1. The van der Waals surface area contributed by atoms with Crippen molar-refractivity contribution in [3.63, 3.8) is 0 Å². The Kier molecular flexibility index (Phi) is 3.54. The molecule has 0 amide bonds. The van der Waals surface area contributed by atoms with Crippen LogP contribution in [0.25, 0.3) is 0 Å². The third-order valence-electron chi connectivity index (χ3n) is 3.68. The number of hydrogen-bond acceptors (Lipinski definition) is 5. The van der Waals surface area contributed by atoms with Gasteiger partial charge in [-0.3, -0.25) is 4.79 Å². The molecule has 18 heavy (non-hydrogen) atoms. The van der Waals surface area contributed by atoms with E-state index < -0.39 is 11.9 Å². The zero-order chi connectivity index (χ0) is 13.3. The third kappa shape index (κ3) is 2.32. The highest BCUT2D eigenvalue weighted by atomic mass is 16.5. The first kappa shape index (κ1) is 12.9. The van der Waals surface area contributed by atoms with Gasteiger partial charge in [-0.15, -0.1) is 0 Å². The van der Waals surface area contributed by atoms with E-state index in [-0.39, 0.29) is 5.92 Å². The number of aromatic nitrogens is 2. The Morgan fingerprint density at radius 2 is 2.28 bits per heavy atom. The number of anilines is 1. The molecule has 1 aliphatic carbocycles. The van der Waals surface area contributed by atoms with Crippen molar-refractivity contribution in [1.29, 1.82) is 0 Å². The van der Waals surface area contributed by atoms with E-state index in [0.29, 0.717) is 24.2 Å². The van der Waals surface area contributed by atoms with Crippen molar-refractivity contribution in [2.45, 2.75) is 32.6 Å². The van der Waals surface area contributed by atoms with E-state index in [1.807, 2.05) is 18.9 Å². The first-order valence-corrected chi connectivity index (χ1v) is 6.30. The molecule has 2 rings (SSSR count). The van der Waals surface area contributed by atoms with Gasteiger partial charge in [-0.2, -0.15) is 4.98 Å². The van der Waals surface area contributed by atoms with E-state index in [9.17, 15) is 9.90 Å². The molecule has 6 heteroatoms. The Balaban J connectivity index is 2.20. The zero-order valence-corrected chi connectivity index (χ0v) is 11.0. The van der Waals surface area contributed by atoms with Crippen LogP contribution in [-0.4, -0.2) is 34.8 Å². The Bertz CT molecular complexity index is 432. The number of carboxylic acids is 1. The average molecular weight is 253 g/mol. The lowest BCUT2D eigenvalue weighted by Crippen LogP contribution is -2.18. The molecule has 0 saturated heterocycles. The number of carboxylic acid groups (broad SMARTS) is 1. The Labute approximate surface area is 106 Å². The largest absolute Gasteiger partial charge is 0.481 e. The fourth-order valence-corrected chi connectivity index (χ4v) is 2.51. The molecule has 0 spiro atoms. The highest BCUT2D eigenvalue weighted by molar-refractivity contribution is 5.71. The highest BCUT2D eigenvalue weighted by Gasteiger charge is 2.41. The molecule has 6 nitrogen and oxygen atoms in total. The summed E-state index contributed by atoms with van der Waals surface area (Å²) >= 11 is 0. The average Bonchev–Trinajstić information content (AvgIpc) is 2.93. The van der Waals surface area contributed by atoms with Crippen molar-refractivity contribution >= 4 is 11.9 Å². The van der Waals surface area contributed by atoms with Crippen LogP contribution in [0.15, 0.2) is 4.52 Å². The molecular weight excluding hydrogens is 234 g/mol. The fraction of sp³-hybridized carbons (Fsp3) is 0.750. The van der Waals surface area contributed by atoms with Gasteiger partial charge in [-0.1, -0.05) is 6.92 Å². The van der Waals surface area contributed by atoms with Crippen molar-refractivity contribution in [3.05, 3.63) is 5.89 Å². The molecule has 3 atom stereocenters. The summed E-state index contributed by atoms with van der Waals surface area (Å²) in [5.74, 6) is 0.0470. The smallest absolute Gasteiger partial charge is 0.307 e. The predicted molar refractivity (Wildman–Crippen MR) is 65.5 cm³/mol. The Hall–Kier alpha value is -1.59. The summed E-state index contributed by atoms with van der Waals surface area (Å²) in [5.41, 5.74) is 0. The highest BCUT2D eigenvalue weighted by Crippen LogP contribution is 2.42. The zero-order valence-electron chi connectivity index (χ0n) is 11.0. The van der Waals surface area contributed by atoms with Crippen LogP contribution in [0.5, 0.6) is 0 Å². The minimum Gasteiger partial charge on any atom is -0.481 e. The van der Waals surface area contributed by atoms with Gasteiger partial charge in [0.15, 0.2) is 0 Å². The van der Waals surface area contributed by atoms with E-state index >= 15 is 0 Å². The minimum atomic E-state index is -0.770. The summed E-state index contributed by atoms with van der Waals surface area (Å²) in [5, 5.41) is 13.1. The van der Waals surface area contributed by atoms with Crippen LogP contribution in [0.3, 0.4) is 0 Å². The second-order valence-corrected chi connectivity index (χ2v) is 5.07. The summed E-state index contributed by atoms with van der Waals surface area (Å²) in [6, 6.07) is 0. The van der Waals surface area contributed by atoms with E-state index in [4.69, 9.17) is 4.52 Å². The maximum absolute atomic E-state index is 11.2. The van der Waals surface area contributed by atoms with Crippen LogP contribution in [0, 0.1) is 11.8 Å². The summed E-state index contributed by atoms with van der Waals surface area (Å²) in [6.07, 6.45) is 1.48. The molecule has 1 saturated carbocycles. The van der Waals surface area contributed by atoms with Gasteiger partial charge in [0.2, 0.25) is 5.89 Å². The quantitative estimate of drug-likeness (QED) is 0.880. The molecule has 1 heterocycles. The lowest BCUT2D eigenvalue weighted by atomic mass is 9.96. The van der Waals surface area contributed by atoms with Crippen LogP contribution in [0.1, 0.15) is 38.5 Å². The lowest BCUT2D eigenvalue weighted by Gasteiger charge is -2.11. The summed E-state index contributed by atoms with van der Waals surface area (Å²) < 4.78 is 5.23. The van der Waals surface area contributed by atoms with Crippen LogP contribution in [-0.2, 0) is 4.79 Å². The molecule has 1 N–H and O–H groups in total. The molecule has 0 bridgehead atoms. The molecule has 0 radical (unpaired) electrons. The molecule has 1 fully saturated rings. The first-order chi connectivity index (χ1) is 8.52. The van der Waals surface area contributed by atoms with Crippen LogP contribution < -0.4 is 4.90 Å². The minimum absolute atomic E-state index is 0.149. The Morgan fingerprint density at radius 1 is 1.56 bits per heavy atom. The number of nitrogens with zero attached hydrogens (tertiary/aromatic N) is 3. The van der Waals surface area contributed by atoms with Crippen LogP contribution >= 0.6 is 0 Å². The van der Waals surface area contributed by atoms with Crippen molar-refractivity contribution in [1.82, 2.24) is 10.1 Å². The number of aliphatic carboxylic acids is 1. The molecule has 1 aliphatic rings. The molecule has 1 aromatic rings. The van der Waals surface area contributed by atoms with Crippen LogP contribution in [0.4, 0.5) is 5.95 Å². The van der Waals surface area contributed by atoms with Crippen molar-refractivity contribution < 1.29 is 14.4 Å². The monoisotopic (exact) mass is 253 g/mol. The normalized spacial score (nSPS) is 27.4. The molecular formula is C12H19N3O3. The predicted octanol–water partition coefficient (Wildman–Crippen LogP) is 1.74.